The first-order valence-electron chi connectivity index (χ1n) is 11.6. The summed E-state index contributed by atoms with van der Waals surface area (Å²) in [5, 5.41) is 0. The van der Waals surface area contributed by atoms with Crippen LogP contribution in [0.2, 0.25) is 0 Å². The van der Waals surface area contributed by atoms with Gasteiger partial charge in [-0.05, 0) is 60.5 Å². The first-order valence-corrected chi connectivity index (χ1v) is 13.1. The van der Waals surface area contributed by atoms with Gasteiger partial charge in [-0.3, -0.25) is 4.79 Å². The molecule has 0 aliphatic heterocycles. The van der Waals surface area contributed by atoms with E-state index in [0.29, 0.717) is 23.7 Å². The van der Waals surface area contributed by atoms with Crippen LogP contribution in [0.1, 0.15) is 16.7 Å². The van der Waals surface area contributed by atoms with Crippen LogP contribution in [-0.4, -0.2) is 21.4 Å². The number of carbonyl (C=O) groups excluding carboxylic acids is 1. The van der Waals surface area contributed by atoms with Gasteiger partial charge in [0.1, 0.15) is 6.61 Å². The Balaban J connectivity index is 1.59. The van der Waals surface area contributed by atoms with Crippen molar-refractivity contribution in [2.75, 3.05) is 11.4 Å². The van der Waals surface area contributed by atoms with Crippen LogP contribution < -0.4 is 13.8 Å². The van der Waals surface area contributed by atoms with Gasteiger partial charge in [0.05, 0.1) is 17.7 Å². The molecule has 37 heavy (non-hydrogen) atoms. The van der Waals surface area contributed by atoms with Crippen molar-refractivity contribution in [1.82, 2.24) is 0 Å². The SMILES string of the molecule is COc1cc(/C=C/C(=O)N(c2ccc(C)cc2)S(=O)(=O)c2ccccc2)ccc1OCc1ccccc1. The molecule has 0 aliphatic rings. The maximum absolute atomic E-state index is 13.4. The number of amides is 1. The second-order valence-corrected chi connectivity index (χ2v) is 10.1. The average Bonchev–Trinajstić information content (AvgIpc) is 2.93. The van der Waals surface area contributed by atoms with E-state index in [4.69, 9.17) is 9.47 Å². The monoisotopic (exact) mass is 513 g/mol. The Morgan fingerprint density at radius 3 is 2.14 bits per heavy atom. The molecule has 0 saturated heterocycles. The lowest BCUT2D eigenvalue weighted by atomic mass is 10.2. The van der Waals surface area contributed by atoms with Gasteiger partial charge in [0.2, 0.25) is 0 Å². The Morgan fingerprint density at radius 2 is 1.49 bits per heavy atom. The topological polar surface area (TPSA) is 72.9 Å². The molecule has 0 radical (unpaired) electrons. The molecular weight excluding hydrogens is 486 g/mol. The minimum atomic E-state index is -4.14. The van der Waals surface area contributed by atoms with E-state index >= 15 is 0 Å². The number of rotatable bonds is 9. The first-order chi connectivity index (χ1) is 17.9. The van der Waals surface area contributed by atoms with Crippen molar-refractivity contribution in [2.24, 2.45) is 0 Å². The first kappa shape index (κ1) is 25.7. The molecule has 6 nitrogen and oxygen atoms in total. The molecule has 0 unspecified atom stereocenters. The maximum Gasteiger partial charge on any atom is 0.271 e. The van der Waals surface area contributed by atoms with Crippen LogP contribution in [0, 0.1) is 6.92 Å². The van der Waals surface area contributed by atoms with E-state index in [0.717, 1.165) is 15.4 Å². The van der Waals surface area contributed by atoms with Gasteiger partial charge in [0, 0.05) is 6.08 Å². The standard InChI is InChI=1S/C30H27NO5S/c1-23-13-17-26(18-14-23)31(37(33,34)27-11-7-4-8-12-27)30(32)20-16-24-15-19-28(29(21-24)35-2)36-22-25-9-5-3-6-10-25/h3-21H,22H2,1-2H3/b20-16+. The zero-order valence-corrected chi connectivity index (χ0v) is 21.4. The number of nitrogens with zero attached hydrogens (tertiary/aromatic N) is 1. The maximum atomic E-state index is 13.4. The predicted octanol–water partition coefficient (Wildman–Crippen LogP) is 6.02. The molecule has 4 rings (SSSR count). The molecule has 4 aromatic carbocycles. The fourth-order valence-corrected chi connectivity index (χ4v) is 5.05. The van der Waals surface area contributed by atoms with Crippen LogP contribution in [-0.2, 0) is 21.4 Å². The lowest BCUT2D eigenvalue weighted by molar-refractivity contribution is -0.113. The van der Waals surface area contributed by atoms with Crippen LogP contribution in [0.25, 0.3) is 6.08 Å². The van der Waals surface area contributed by atoms with Gasteiger partial charge in [-0.1, -0.05) is 72.3 Å². The van der Waals surface area contributed by atoms with Gasteiger partial charge in [-0.15, -0.1) is 0 Å². The Bertz CT molecular complexity index is 1480. The van der Waals surface area contributed by atoms with E-state index in [1.807, 2.05) is 37.3 Å². The van der Waals surface area contributed by atoms with E-state index in [2.05, 4.69) is 0 Å². The largest absolute Gasteiger partial charge is 0.493 e. The summed E-state index contributed by atoms with van der Waals surface area (Å²) in [6.45, 7) is 2.27. The number of hydrogen-bond donors (Lipinski definition) is 0. The van der Waals surface area contributed by atoms with Crippen molar-refractivity contribution >= 4 is 27.7 Å². The molecule has 4 aromatic rings. The van der Waals surface area contributed by atoms with Crippen LogP contribution in [0.3, 0.4) is 0 Å². The molecule has 0 heterocycles. The van der Waals surface area contributed by atoms with Gasteiger partial charge in [0.15, 0.2) is 11.5 Å². The molecule has 0 saturated carbocycles. The summed E-state index contributed by atoms with van der Waals surface area (Å²) < 4.78 is 39.1. The number of anilines is 1. The average molecular weight is 514 g/mol. The Hall–Kier alpha value is -4.36. The highest BCUT2D eigenvalue weighted by Gasteiger charge is 2.29. The normalized spacial score (nSPS) is 11.3. The molecule has 188 valence electrons. The molecule has 0 aliphatic carbocycles. The fraction of sp³-hybridized carbons (Fsp3) is 0.100. The fourth-order valence-electron chi connectivity index (χ4n) is 3.64. The minimum Gasteiger partial charge on any atom is -0.493 e. The van der Waals surface area contributed by atoms with Crippen molar-refractivity contribution in [1.29, 1.82) is 0 Å². The van der Waals surface area contributed by atoms with Gasteiger partial charge < -0.3 is 9.47 Å². The van der Waals surface area contributed by atoms with Crippen LogP contribution in [0.5, 0.6) is 11.5 Å². The smallest absolute Gasteiger partial charge is 0.271 e. The summed E-state index contributed by atoms with van der Waals surface area (Å²) in [6, 6.07) is 29.7. The lowest BCUT2D eigenvalue weighted by Gasteiger charge is -2.21. The van der Waals surface area contributed by atoms with E-state index in [9.17, 15) is 13.2 Å². The molecular formula is C30H27NO5S. The molecule has 0 spiro atoms. The van der Waals surface area contributed by atoms with Gasteiger partial charge in [0.25, 0.3) is 15.9 Å². The van der Waals surface area contributed by atoms with Gasteiger partial charge >= 0.3 is 0 Å². The van der Waals surface area contributed by atoms with Crippen molar-refractivity contribution in [2.45, 2.75) is 18.4 Å². The third-order valence-electron chi connectivity index (χ3n) is 5.59. The van der Waals surface area contributed by atoms with Crippen LogP contribution >= 0.6 is 0 Å². The minimum absolute atomic E-state index is 0.0268. The summed E-state index contributed by atoms with van der Waals surface area (Å²) in [7, 11) is -2.60. The lowest BCUT2D eigenvalue weighted by Crippen LogP contribution is -2.35. The second kappa shape index (κ2) is 11.6. The number of carbonyl (C=O) groups is 1. The Labute approximate surface area is 217 Å². The van der Waals surface area contributed by atoms with E-state index in [-0.39, 0.29) is 10.6 Å². The highest BCUT2D eigenvalue weighted by atomic mass is 32.2. The third-order valence-corrected chi connectivity index (χ3v) is 7.33. The second-order valence-electron chi connectivity index (χ2n) is 8.27. The number of methoxy groups -OCH3 is 1. The van der Waals surface area contributed by atoms with Crippen molar-refractivity contribution in [3.63, 3.8) is 0 Å². The number of ether oxygens (including phenoxy) is 2. The molecule has 7 heteroatoms. The quantitative estimate of drug-likeness (QED) is 0.256. The summed E-state index contributed by atoms with van der Waals surface area (Å²) in [5.41, 5.74) is 2.88. The number of sulfonamides is 1. The molecule has 0 fully saturated rings. The molecule has 0 bridgehead atoms. The summed E-state index contributed by atoms with van der Waals surface area (Å²) in [4.78, 5) is 13.3. The zero-order chi connectivity index (χ0) is 26.3. The van der Waals surface area contributed by atoms with Crippen molar-refractivity contribution < 1.29 is 22.7 Å². The van der Waals surface area contributed by atoms with Crippen LogP contribution in [0.4, 0.5) is 5.69 Å². The number of benzene rings is 4. The summed E-state index contributed by atoms with van der Waals surface area (Å²) >= 11 is 0. The zero-order valence-electron chi connectivity index (χ0n) is 20.6. The van der Waals surface area contributed by atoms with Crippen molar-refractivity contribution in [3.05, 3.63) is 126 Å². The third kappa shape index (κ3) is 6.26. The van der Waals surface area contributed by atoms with E-state index in [1.54, 1.807) is 66.7 Å². The highest BCUT2D eigenvalue weighted by molar-refractivity contribution is 7.93. The summed E-state index contributed by atoms with van der Waals surface area (Å²) in [5.74, 6) is 0.358. The van der Waals surface area contributed by atoms with Gasteiger partial charge in [-0.25, -0.2) is 8.42 Å². The Morgan fingerprint density at radius 1 is 0.838 bits per heavy atom. The van der Waals surface area contributed by atoms with E-state index in [1.165, 1.54) is 25.3 Å². The summed E-state index contributed by atoms with van der Waals surface area (Å²) in [6.07, 6.45) is 2.78. The number of hydrogen-bond acceptors (Lipinski definition) is 5. The molecule has 0 aromatic heterocycles. The van der Waals surface area contributed by atoms with Crippen LogP contribution in [0.15, 0.2) is 114 Å². The Kier molecular flexibility index (Phi) is 8.05. The van der Waals surface area contributed by atoms with Gasteiger partial charge in [-0.2, -0.15) is 4.31 Å². The predicted molar refractivity (Wildman–Crippen MR) is 145 cm³/mol. The van der Waals surface area contributed by atoms with Crippen molar-refractivity contribution in [3.8, 4) is 11.5 Å². The number of aryl methyl sites for hydroxylation is 1. The molecule has 1 amide bonds. The molecule has 0 atom stereocenters. The van der Waals surface area contributed by atoms with E-state index < -0.39 is 15.9 Å². The molecule has 0 N–H and O–H groups in total. The highest BCUT2D eigenvalue weighted by Crippen LogP contribution is 2.30.